The lowest BCUT2D eigenvalue weighted by molar-refractivity contribution is 0.386. The molecule has 0 spiro atoms. The molecule has 3 rings (SSSR count). The van der Waals surface area contributed by atoms with Gasteiger partial charge in [-0.25, -0.2) is 18.4 Å². The molecule has 0 unspecified atom stereocenters. The molecule has 28 heavy (non-hydrogen) atoms. The third-order valence-corrected chi connectivity index (χ3v) is 6.50. The van der Waals surface area contributed by atoms with Crippen molar-refractivity contribution in [1.82, 2.24) is 14.3 Å². The monoisotopic (exact) mass is 402 g/mol. The minimum absolute atomic E-state index is 0.239. The van der Waals surface area contributed by atoms with Gasteiger partial charge in [0.15, 0.2) is 0 Å². The molecule has 1 aromatic carbocycles. The van der Waals surface area contributed by atoms with Crippen LogP contribution in [0.1, 0.15) is 48.0 Å². The van der Waals surface area contributed by atoms with E-state index in [1.54, 1.807) is 4.31 Å². The van der Waals surface area contributed by atoms with E-state index in [1.165, 1.54) is 17.4 Å². The quantitative estimate of drug-likeness (QED) is 0.769. The first-order chi connectivity index (χ1) is 13.1. The first-order valence-electron chi connectivity index (χ1n) is 9.78. The zero-order valence-corrected chi connectivity index (χ0v) is 18.3. The van der Waals surface area contributed by atoms with Gasteiger partial charge in [0.25, 0.3) is 0 Å². The Morgan fingerprint density at radius 3 is 2.32 bits per heavy atom. The molecule has 1 aliphatic rings. The van der Waals surface area contributed by atoms with Crippen LogP contribution >= 0.6 is 0 Å². The Morgan fingerprint density at radius 1 is 1.07 bits per heavy atom. The van der Waals surface area contributed by atoms with Crippen LogP contribution in [0.15, 0.2) is 24.3 Å². The van der Waals surface area contributed by atoms with E-state index in [4.69, 9.17) is 9.97 Å². The second-order valence-electron chi connectivity index (χ2n) is 7.94. The molecule has 0 amide bonds. The molecule has 0 radical (unpaired) electrons. The molecule has 2 heterocycles. The number of anilines is 1. The molecule has 6 nitrogen and oxygen atoms in total. The fourth-order valence-corrected chi connectivity index (χ4v) is 4.41. The van der Waals surface area contributed by atoms with Gasteiger partial charge in [-0.3, -0.25) is 0 Å². The summed E-state index contributed by atoms with van der Waals surface area (Å²) in [5, 5.41) is 0. The van der Waals surface area contributed by atoms with Crippen LogP contribution in [0.4, 0.5) is 5.82 Å². The van der Waals surface area contributed by atoms with Crippen LogP contribution in [0.3, 0.4) is 0 Å². The van der Waals surface area contributed by atoms with Gasteiger partial charge in [-0.05, 0) is 19.4 Å². The van der Waals surface area contributed by atoms with Gasteiger partial charge in [-0.15, -0.1) is 0 Å². The maximum absolute atomic E-state index is 11.8. The molecule has 1 fully saturated rings. The van der Waals surface area contributed by atoms with Crippen molar-refractivity contribution in [3.8, 4) is 0 Å². The van der Waals surface area contributed by atoms with E-state index in [0.29, 0.717) is 26.2 Å². The van der Waals surface area contributed by atoms with Crippen LogP contribution in [0.25, 0.3) is 0 Å². The smallest absolute Gasteiger partial charge is 0.211 e. The molecule has 0 N–H and O–H groups in total. The average molecular weight is 403 g/mol. The lowest BCUT2D eigenvalue weighted by Crippen LogP contribution is -2.49. The van der Waals surface area contributed by atoms with Crippen molar-refractivity contribution in [2.75, 3.05) is 37.3 Å². The van der Waals surface area contributed by atoms with Crippen LogP contribution in [0.5, 0.6) is 0 Å². The van der Waals surface area contributed by atoms with E-state index < -0.39 is 10.0 Å². The van der Waals surface area contributed by atoms with E-state index >= 15 is 0 Å². The summed E-state index contributed by atoms with van der Waals surface area (Å²) in [5.41, 5.74) is 4.60. The number of sulfonamides is 1. The first kappa shape index (κ1) is 20.7. The molecule has 0 saturated carbocycles. The molecule has 1 aliphatic heterocycles. The van der Waals surface area contributed by atoms with E-state index in [2.05, 4.69) is 56.9 Å². The molecule has 152 valence electrons. The highest BCUT2D eigenvalue weighted by Crippen LogP contribution is 2.27. The van der Waals surface area contributed by atoms with Gasteiger partial charge < -0.3 is 4.90 Å². The van der Waals surface area contributed by atoms with Crippen molar-refractivity contribution in [1.29, 1.82) is 0 Å². The highest BCUT2D eigenvalue weighted by molar-refractivity contribution is 7.88. The van der Waals surface area contributed by atoms with Crippen LogP contribution in [-0.4, -0.2) is 55.1 Å². The van der Waals surface area contributed by atoms with Gasteiger partial charge in [-0.2, -0.15) is 4.31 Å². The Kier molecular flexibility index (Phi) is 6.05. The second kappa shape index (κ2) is 8.17. The van der Waals surface area contributed by atoms with Gasteiger partial charge in [0.1, 0.15) is 11.6 Å². The summed E-state index contributed by atoms with van der Waals surface area (Å²) in [6.45, 7) is 10.6. The van der Waals surface area contributed by atoms with E-state index in [0.717, 1.165) is 29.3 Å². The van der Waals surface area contributed by atoms with E-state index in [1.807, 2.05) is 0 Å². The van der Waals surface area contributed by atoms with Gasteiger partial charge in [0.05, 0.1) is 6.26 Å². The Bertz CT molecular complexity index is 949. The van der Waals surface area contributed by atoms with Crippen LogP contribution < -0.4 is 4.90 Å². The van der Waals surface area contributed by atoms with Crippen molar-refractivity contribution in [3.05, 3.63) is 52.5 Å². The Morgan fingerprint density at radius 2 is 1.75 bits per heavy atom. The van der Waals surface area contributed by atoms with Crippen LogP contribution in [0.2, 0.25) is 0 Å². The Balaban J connectivity index is 1.96. The summed E-state index contributed by atoms with van der Waals surface area (Å²) >= 11 is 0. The third-order valence-electron chi connectivity index (χ3n) is 5.20. The SMILES string of the molecule is Cc1cccc(Cc2c(C)nc(C(C)C)nc2N2CCN(S(C)(=O)=O)CC2)c1. The molecular formula is C21H30N4O2S. The second-order valence-corrected chi connectivity index (χ2v) is 9.92. The van der Waals surface area contributed by atoms with Crippen molar-refractivity contribution >= 4 is 15.8 Å². The predicted molar refractivity (Wildman–Crippen MR) is 113 cm³/mol. The largest absolute Gasteiger partial charge is 0.354 e. The van der Waals surface area contributed by atoms with Crippen molar-refractivity contribution in [2.24, 2.45) is 0 Å². The zero-order chi connectivity index (χ0) is 20.5. The zero-order valence-electron chi connectivity index (χ0n) is 17.4. The van der Waals surface area contributed by atoms with Crippen molar-refractivity contribution < 1.29 is 8.42 Å². The molecule has 1 saturated heterocycles. The summed E-state index contributed by atoms with van der Waals surface area (Å²) in [6, 6.07) is 8.50. The topological polar surface area (TPSA) is 66.4 Å². The normalized spacial score (nSPS) is 16.0. The van der Waals surface area contributed by atoms with Gasteiger partial charge in [-0.1, -0.05) is 43.7 Å². The third kappa shape index (κ3) is 4.70. The summed E-state index contributed by atoms with van der Waals surface area (Å²) in [5.74, 6) is 2.03. The molecule has 7 heteroatoms. The lowest BCUT2D eigenvalue weighted by Gasteiger charge is -2.35. The number of hydrogen-bond donors (Lipinski definition) is 0. The van der Waals surface area contributed by atoms with Gasteiger partial charge in [0.2, 0.25) is 10.0 Å². The Labute approximate surface area is 168 Å². The number of nitrogens with zero attached hydrogens (tertiary/aromatic N) is 4. The molecule has 1 aromatic heterocycles. The van der Waals surface area contributed by atoms with Gasteiger partial charge >= 0.3 is 0 Å². The number of rotatable bonds is 5. The summed E-state index contributed by atoms with van der Waals surface area (Å²) in [7, 11) is -3.15. The standard InChI is InChI=1S/C21H30N4O2S/c1-15(2)20-22-17(4)19(14-18-8-6-7-16(3)13-18)21(23-20)24-9-11-25(12-10-24)28(5,26)27/h6-8,13,15H,9-12,14H2,1-5H3. The fraction of sp³-hybridized carbons (Fsp3) is 0.524. The molecule has 0 atom stereocenters. The number of benzene rings is 1. The minimum Gasteiger partial charge on any atom is -0.354 e. The number of aryl methyl sites for hydroxylation is 2. The van der Waals surface area contributed by atoms with Gasteiger partial charge in [0, 0.05) is 49.8 Å². The minimum atomic E-state index is -3.15. The summed E-state index contributed by atoms with van der Waals surface area (Å²) in [4.78, 5) is 11.9. The first-order valence-corrected chi connectivity index (χ1v) is 11.6. The molecule has 0 aliphatic carbocycles. The van der Waals surface area contributed by atoms with Crippen LogP contribution in [0, 0.1) is 13.8 Å². The maximum atomic E-state index is 11.8. The average Bonchev–Trinajstić information content (AvgIpc) is 2.62. The van der Waals surface area contributed by atoms with Crippen LogP contribution in [-0.2, 0) is 16.4 Å². The highest BCUT2D eigenvalue weighted by atomic mass is 32.2. The van der Waals surface area contributed by atoms with E-state index in [-0.39, 0.29) is 5.92 Å². The van der Waals surface area contributed by atoms with Crippen molar-refractivity contribution in [2.45, 2.75) is 40.0 Å². The predicted octanol–water partition coefficient (Wildman–Crippen LogP) is 2.89. The maximum Gasteiger partial charge on any atom is 0.211 e. The molecule has 0 bridgehead atoms. The van der Waals surface area contributed by atoms with E-state index in [9.17, 15) is 8.42 Å². The fourth-order valence-electron chi connectivity index (χ4n) is 3.59. The summed E-state index contributed by atoms with van der Waals surface area (Å²) in [6.07, 6.45) is 2.05. The molecule has 2 aromatic rings. The lowest BCUT2D eigenvalue weighted by atomic mass is 10.0. The molecular weight excluding hydrogens is 372 g/mol. The number of piperazine rings is 1. The number of hydrogen-bond acceptors (Lipinski definition) is 5. The van der Waals surface area contributed by atoms with Crippen molar-refractivity contribution in [3.63, 3.8) is 0 Å². The Hall–Kier alpha value is -1.99. The highest BCUT2D eigenvalue weighted by Gasteiger charge is 2.27. The summed E-state index contributed by atoms with van der Waals surface area (Å²) < 4.78 is 25.2. The number of aromatic nitrogens is 2.